The van der Waals surface area contributed by atoms with Crippen LogP contribution in [-0.4, -0.2) is 18.3 Å². The van der Waals surface area contributed by atoms with E-state index in [1.165, 1.54) is 5.39 Å². The maximum Gasteiger partial charge on any atom is 0.495 e. The summed E-state index contributed by atoms with van der Waals surface area (Å²) in [5.41, 5.74) is 2.03. The summed E-state index contributed by atoms with van der Waals surface area (Å²) in [4.78, 5) is 0. The van der Waals surface area contributed by atoms with Crippen molar-refractivity contribution in [3.63, 3.8) is 0 Å². The lowest BCUT2D eigenvalue weighted by molar-refractivity contribution is 0.00578. The Kier molecular flexibility index (Phi) is 3.52. The first kappa shape index (κ1) is 18.0. The summed E-state index contributed by atoms with van der Waals surface area (Å²) in [6, 6.07) is 23.2. The minimum absolute atomic E-state index is 0.401. The van der Waals surface area contributed by atoms with E-state index in [0.29, 0.717) is 0 Å². The van der Waals surface area contributed by atoms with Crippen molar-refractivity contribution < 1.29 is 13.7 Å². The molecule has 4 heteroatoms. The molecule has 1 aromatic heterocycles. The molecule has 0 radical (unpaired) electrons. The highest BCUT2D eigenvalue weighted by atomic mass is 16.7. The van der Waals surface area contributed by atoms with Crippen molar-refractivity contribution in [3.8, 4) is 0 Å². The van der Waals surface area contributed by atoms with Gasteiger partial charge in [0.05, 0.1) is 11.2 Å². The van der Waals surface area contributed by atoms with Crippen molar-refractivity contribution in [3.05, 3.63) is 66.7 Å². The molecule has 0 spiro atoms. The molecule has 0 amide bonds. The van der Waals surface area contributed by atoms with E-state index in [-0.39, 0.29) is 0 Å². The molecule has 148 valence electrons. The first-order valence-electron chi connectivity index (χ1n) is 10.5. The molecule has 0 saturated carbocycles. The van der Waals surface area contributed by atoms with Crippen LogP contribution in [0.5, 0.6) is 0 Å². The van der Waals surface area contributed by atoms with Crippen LogP contribution in [0.1, 0.15) is 27.7 Å². The molecule has 0 N–H and O–H groups in total. The lowest BCUT2D eigenvalue weighted by Gasteiger charge is -2.32. The van der Waals surface area contributed by atoms with Crippen molar-refractivity contribution in [2.24, 2.45) is 0 Å². The smallest absolute Gasteiger partial charge is 0.455 e. The van der Waals surface area contributed by atoms with Gasteiger partial charge in [-0.15, -0.1) is 0 Å². The van der Waals surface area contributed by atoms with Crippen LogP contribution in [0.15, 0.2) is 71.1 Å². The number of fused-ring (bicyclic) bond motifs is 7. The number of benzene rings is 4. The molecule has 1 fully saturated rings. The van der Waals surface area contributed by atoms with E-state index in [1.54, 1.807) is 0 Å². The van der Waals surface area contributed by atoms with Crippen LogP contribution in [0.4, 0.5) is 0 Å². The fourth-order valence-corrected chi connectivity index (χ4v) is 4.53. The molecule has 30 heavy (non-hydrogen) atoms. The largest absolute Gasteiger partial charge is 0.495 e. The maximum absolute atomic E-state index is 6.57. The quantitative estimate of drug-likeness (QED) is 0.318. The lowest BCUT2D eigenvalue weighted by atomic mass is 9.75. The molecule has 4 aromatic carbocycles. The van der Waals surface area contributed by atoms with Gasteiger partial charge in [-0.25, -0.2) is 0 Å². The number of hydrogen-bond acceptors (Lipinski definition) is 3. The summed E-state index contributed by atoms with van der Waals surface area (Å²) in [5.74, 6) is 0. The highest BCUT2D eigenvalue weighted by Crippen LogP contribution is 2.40. The Morgan fingerprint density at radius 1 is 0.633 bits per heavy atom. The average Bonchev–Trinajstić information content (AvgIpc) is 3.22. The van der Waals surface area contributed by atoms with Gasteiger partial charge in [-0.3, -0.25) is 0 Å². The van der Waals surface area contributed by atoms with E-state index >= 15 is 0 Å². The maximum atomic E-state index is 6.57. The summed E-state index contributed by atoms with van der Waals surface area (Å²) in [6.07, 6.45) is 0. The zero-order valence-electron chi connectivity index (χ0n) is 17.7. The Bertz CT molecular complexity index is 1450. The third kappa shape index (κ3) is 2.35. The normalized spacial score (nSPS) is 18.2. The molecule has 3 nitrogen and oxygen atoms in total. The Hall–Kier alpha value is -2.82. The Labute approximate surface area is 175 Å². The molecule has 0 unspecified atom stereocenters. The average molecular weight is 394 g/mol. The molecular weight excluding hydrogens is 371 g/mol. The molecule has 1 aliphatic heterocycles. The van der Waals surface area contributed by atoms with Crippen LogP contribution in [0.2, 0.25) is 0 Å². The summed E-state index contributed by atoms with van der Waals surface area (Å²) in [7, 11) is -0.450. The van der Waals surface area contributed by atoms with Crippen LogP contribution < -0.4 is 5.46 Å². The van der Waals surface area contributed by atoms with E-state index < -0.39 is 18.3 Å². The highest BCUT2D eigenvalue weighted by Gasteiger charge is 2.52. The van der Waals surface area contributed by atoms with E-state index in [0.717, 1.165) is 43.6 Å². The van der Waals surface area contributed by atoms with Crippen LogP contribution in [-0.2, 0) is 9.31 Å². The van der Waals surface area contributed by atoms with Gasteiger partial charge in [-0.05, 0) is 50.0 Å². The minimum Gasteiger partial charge on any atom is -0.455 e. The van der Waals surface area contributed by atoms with Crippen molar-refractivity contribution in [1.29, 1.82) is 0 Å². The van der Waals surface area contributed by atoms with E-state index in [9.17, 15) is 0 Å². The summed E-state index contributed by atoms with van der Waals surface area (Å²) < 4.78 is 19.5. The zero-order valence-corrected chi connectivity index (χ0v) is 17.7. The van der Waals surface area contributed by atoms with Gasteiger partial charge < -0.3 is 13.7 Å². The van der Waals surface area contributed by atoms with Crippen LogP contribution in [0, 0.1) is 0 Å². The minimum atomic E-state index is -0.450. The van der Waals surface area contributed by atoms with Crippen LogP contribution in [0.25, 0.3) is 43.5 Å². The van der Waals surface area contributed by atoms with Gasteiger partial charge in [0.15, 0.2) is 0 Å². The van der Waals surface area contributed by atoms with E-state index in [4.69, 9.17) is 13.7 Å². The molecule has 0 atom stereocenters. The fourth-order valence-electron chi connectivity index (χ4n) is 4.53. The first-order chi connectivity index (χ1) is 14.4. The van der Waals surface area contributed by atoms with Crippen LogP contribution >= 0.6 is 0 Å². The van der Waals surface area contributed by atoms with Gasteiger partial charge in [0, 0.05) is 21.5 Å². The number of hydrogen-bond donors (Lipinski definition) is 0. The van der Waals surface area contributed by atoms with Gasteiger partial charge in [0.2, 0.25) is 0 Å². The van der Waals surface area contributed by atoms with Gasteiger partial charge in [0.25, 0.3) is 0 Å². The molecule has 2 heterocycles. The van der Waals surface area contributed by atoms with Crippen molar-refractivity contribution in [1.82, 2.24) is 0 Å². The van der Waals surface area contributed by atoms with Crippen molar-refractivity contribution in [2.75, 3.05) is 0 Å². The summed E-state index contributed by atoms with van der Waals surface area (Å²) in [5, 5.41) is 6.69. The molecule has 1 aliphatic rings. The van der Waals surface area contributed by atoms with Gasteiger partial charge in [0.1, 0.15) is 11.2 Å². The fraction of sp³-hybridized carbons (Fsp3) is 0.231. The van der Waals surface area contributed by atoms with Gasteiger partial charge in [-0.1, -0.05) is 60.7 Å². The third-order valence-corrected chi connectivity index (χ3v) is 6.89. The van der Waals surface area contributed by atoms with Crippen molar-refractivity contribution >= 4 is 56.1 Å². The second-order valence-corrected chi connectivity index (χ2v) is 9.24. The Balaban J connectivity index is 1.75. The second-order valence-electron chi connectivity index (χ2n) is 9.24. The van der Waals surface area contributed by atoms with Crippen molar-refractivity contribution in [2.45, 2.75) is 38.9 Å². The molecule has 0 aliphatic carbocycles. The van der Waals surface area contributed by atoms with E-state index in [2.05, 4.69) is 94.4 Å². The Morgan fingerprint density at radius 2 is 1.23 bits per heavy atom. The van der Waals surface area contributed by atoms with Gasteiger partial charge >= 0.3 is 7.12 Å². The number of rotatable bonds is 1. The molecule has 6 rings (SSSR count). The molecular formula is C26H23BO3. The highest BCUT2D eigenvalue weighted by molar-refractivity contribution is 6.66. The van der Waals surface area contributed by atoms with Gasteiger partial charge in [-0.2, -0.15) is 0 Å². The lowest BCUT2D eigenvalue weighted by Crippen LogP contribution is -2.41. The molecule has 5 aromatic rings. The van der Waals surface area contributed by atoms with E-state index in [1.807, 2.05) is 0 Å². The summed E-state index contributed by atoms with van der Waals surface area (Å²) >= 11 is 0. The molecule has 1 saturated heterocycles. The standard InChI is InChI=1S/C26H23BO3/c1-25(2)26(3,4)30-27(29-25)21-15-17-10-6-8-12-19(17)24-22(21)20-14-13-16-9-5-7-11-18(16)23(20)28-24/h5-15H,1-4H3. The molecule has 0 bridgehead atoms. The predicted octanol–water partition coefficient (Wildman–Crippen LogP) is 6.19. The van der Waals surface area contributed by atoms with Crippen LogP contribution in [0.3, 0.4) is 0 Å². The second kappa shape index (κ2) is 5.87. The Morgan fingerprint density at radius 3 is 1.93 bits per heavy atom. The first-order valence-corrected chi connectivity index (χ1v) is 10.5. The summed E-state index contributed by atoms with van der Waals surface area (Å²) in [6.45, 7) is 8.36. The zero-order chi connectivity index (χ0) is 20.7. The topological polar surface area (TPSA) is 31.6 Å². The monoisotopic (exact) mass is 394 g/mol. The predicted molar refractivity (Wildman–Crippen MR) is 124 cm³/mol. The third-order valence-electron chi connectivity index (χ3n) is 6.89. The number of furan rings is 1. The SMILES string of the molecule is CC1(C)OB(c2cc3ccccc3c3oc4c5ccccc5ccc4c23)OC1(C)C.